The fourth-order valence-electron chi connectivity index (χ4n) is 3.72. The van der Waals surface area contributed by atoms with Crippen LogP contribution in [0, 0.1) is 0 Å². The van der Waals surface area contributed by atoms with Gasteiger partial charge in [0.1, 0.15) is 0 Å². The number of thiazole rings is 1. The number of amides is 1. The number of carbonyl (C=O) groups is 1. The third-order valence-electron chi connectivity index (χ3n) is 5.41. The van der Waals surface area contributed by atoms with E-state index in [1.165, 1.54) is 11.3 Å². The molecule has 0 unspecified atom stereocenters. The van der Waals surface area contributed by atoms with Crippen molar-refractivity contribution >= 4 is 45.6 Å². The molecule has 2 aliphatic rings. The summed E-state index contributed by atoms with van der Waals surface area (Å²) in [6.07, 6.45) is 3.66. The van der Waals surface area contributed by atoms with Crippen LogP contribution >= 0.6 is 34.5 Å². The van der Waals surface area contributed by atoms with E-state index in [-0.39, 0.29) is 5.91 Å². The lowest BCUT2D eigenvalue weighted by Crippen LogP contribution is -2.35. The van der Waals surface area contributed by atoms with Gasteiger partial charge in [-0.05, 0) is 31.0 Å². The lowest BCUT2D eigenvalue weighted by molar-refractivity contribution is 0.0337. The van der Waals surface area contributed by atoms with Gasteiger partial charge < -0.3 is 4.74 Å². The Kier molecular flexibility index (Phi) is 5.99. The van der Waals surface area contributed by atoms with Crippen molar-refractivity contribution in [3.63, 3.8) is 0 Å². The summed E-state index contributed by atoms with van der Waals surface area (Å²) < 4.78 is 7.15. The van der Waals surface area contributed by atoms with Crippen LogP contribution in [0.1, 0.15) is 40.5 Å². The van der Waals surface area contributed by atoms with E-state index < -0.39 is 0 Å². The second kappa shape index (κ2) is 8.88. The number of rotatable bonds is 6. The number of nitrogens with one attached hydrogen (secondary N) is 1. The molecule has 2 aromatic heterocycles. The van der Waals surface area contributed by atoms with Gasteiger partial charge in [0.05, 0.1) is 47.1 Å². The van der Waals surface area contributed by atoms with E-state index in [1.54, 1.807) is 23.0 Å². The molecule has 31 heavy (non-hydrogen) atoms. The summed E-state index contributed by atoms with van der Waals surface area (Å²) in [5.74, 6) is 0.0914. The van der Waals surface area contributed by atoms with Crippen LogP contribution in [0.15, 0.2) is 29.8 Å². The van der Waals surface area contributed by atoms with Gasteiger partial charge >= 0.3 is 0 Å². The van der Waals surface area contributed by atoms with E-state index in [4.69, 9.17) is 27.9 Å². The van der Waals surface area contributed by atoms with E-state index in [0.717, 1.165) is 57.1 Å². The average Bonchev–Trinajstić information content (AvgIpc) is 3.35. The highest BCUT2D eigenvalue weighted by atomic mass is 35.5. The molecule has 0 atom stereocenters. The van der Waals surface area contributed by atoms with E-state index in [0.29, 0.717) is 32.3 Å². The molecule has 10 heteroatoms. The number of ether oxygens (including phenoxy) is 1. The van der Waals surface area contributed by atoms with Crippen molar-refractivity contribution in [1.29, 1.82) is 0 Å². The van der Waals surface area contributed by atoms with E-state index in [2.05, 4.69) is 20.3 Å². The molecule has 3 aromatic rings. The van der Waals surface area contributed by atoms with Crippen molar-refractivity contribution in [2.75, 3.05) is 31.6 Å². The zero-order chi connectivity index (χ0) is 21.4. The lowest BCUT2D eigenvalue weighted by atomic mass is 10.1. The highest BCUT2D eigenvalue weighted by Gasteiger charge is 2.33. The van der Waals surface area contributed by atoms with Crippen molar-refractivity contribution in [3.05, 3.63) is 56.8 Å². The Labute approximate surface area is 193 Å². The Morgan fingerprint density at radius 3 is 2.81 bits per heavy atom. The Bertz CT molecular complexity index is 1110. The van der Waals surface area contributed by atoms with Crippen molar-refractivity contribution < 1.29 is 9.53 Å². The molecule has 5 rings (SSSR count). The molecule has 162 valence electrons. The van der Waals surface area contributed by atoms with Gasteiger partial charge in [0.15, 0.2) is 5.13 Å². The number of benzene rings is 1. The zero-order valence-corrected chi connectivity index (χ0v) is 19.0. The van der Waals surface area contributed by atoms with Gasteiger partial charge in [-0.1, -0.05) is 23.2 Å². The Hall–Kier alpha value is -1.97. The number of morpholine rings is 1. The number of aromatic nitrogens is 3. The second-order valence-corrected chi connectivity index (χ2v) is 9.41. The first-order valence-electron chi connectivity index (χ1n) is 10.2. The van der Waals surface area contributed by atoms with Crippen LogP contribution < -0.4 is 5.32 Å². The molecular weight excluding hydrogens is 457 g/mol. The topological polar surface area (TPSA) is 72.3 Å². The van der Waals surface area contributed by atoms with Crippen LogP contribution in [0.25, 0.3) is 5.69 Å². The third kappa shape index (κ3) is 4.63. The molecule has 1 N–H and O–H groups in total. The van der Waals surface area contributed by atoms with Crippen LogP contribution in [0.3, 0.4) is 0 Å². The molecule has 2 fully saturated rings. The maximum absolute atomic E-state index is 13.1. The summed E-state index contributed by atoms with van der Waals surface area (Å²) in [7, 11) is 0. The molecule has 1 saturated carbocycles. The minimum absolute atomic E-state index is 0.203. The molecule has 1 aliphatic heterocycles. The minimum Gasteiger partial charge on any atom is -0.379 e. The molecular formula is C21H21Cl2N5O2S. The molecule has 3 heterocycles. The lowest BCUT2D eigenvalue weighted by Gasteiger charge is -2.25. The highest BCUT2D eigenvalue weighted by molar-refractivity contribution is 7.14. The molecule has 0 spiro atoms. The van der Waals surface area contributed by atoms with Crippen molar-refractivity contribution in [2.45, 2.75) is 25.3 Å². The monoisotopic (exact) mass is 477 g/mol. The van der Waals surface area contributed by atoms with E-state index in [9.17, 15) is 4.79 Å². The van der Waals surface area contributed by atoms with Crippen LogP contribution in [-0.2, 0) is 11.3 Å². The van der Waals surface area contributed by atoms with Gasteiger partial charge in [0, 0.05) is 36.0 Å². The number of hydrogen-bond donors (Lipinski definition) is 1. The van der Waals surface area contributed by atoms with Crippen LogP contribution in [0.4, 0.5) is 5.13 Å². The fourth-order valence-corrected chi connectivity index (χ4v) is 4.90. The summed E-state index contributed by atoms with van der Waals surface area (Å²) in [6.45, 7) is 4.06. The smallest absolute Gasteiger partial charge is 0.260 e. The normalized spacial score (nSPS) is 17.1. The van der Waals surface area contributed by atoms with Crippen LogP contribution in [0.2, 0.25) is 10.0 Å². The van der Waals surface area contributed by atoms with E-state index in [1.807, 2.05) is 11.4 Å². The first-order valence-corrected chi connectivity index (χ1v) is 11.8. The summed E-state index contributed by atoms with van der Waals surface area (Å²) in [6, 6.07) is 5.28. The van der Waals surface area contributed by atoms with Gasteiger partial charge in [0.2, 0.25) is 0 Å². The number of nitrogens with zero attached hydrogens (tertiary/aromatic N) is 4. The number of hydrogen-bond acceptors (Lipinski definition) is 6. The SMILES string of the molecule is O=C(Nc1nc(CN2CCOCC2)cs1)c1cnn(-c2ccc(Cl)cc2Cl)c1C1CC1. The quantitative estimate of drug-likeness (QED) is 0.561. The predicted octanol–water partition coefficient (Wildman–Crippen LogP) is 4.60. The maximum Gasteiger partial charge on any atom is 0.260 e. The van der Waals surface area contributed by atoms with Gasteiger partial charge in [-0.15, -0.1) is 11.3 Å². The maximum atomic E-state index is 13.1. The largest absolute Gasteiger partial charge is 0.379 e. The predicted molar refractivity (Wildman–Crippen MR) is 122 cm³/mol. The summed E-state index contributed by atoms with van der Waals surface area (Å²) in [5.41, 5.74) is 3.10. The van der Waals surface area contributed by atoms with Gasteiger partial charge in [-0.2, -0.15) is 5.10 Å². The summed E-state index contributed by atoms with van der Waals surface area (Å²) in [5, 5.41) is 11.1. The summed E-state index contributed by atoms with van der Waals surface area (Å²) >= 11 is 13.9. The van der Waals surface area contributed by atoms with Crippen molar-refractivity contribution in [2.24, 2.45) is 0 Å². The number of anilines is 1. The second-order valence-electron chi connectivity index (χ2n) is 7.71. The fraction of sp³-hybridized carbons (Fsp3) is 0.381. The van der Waals surface area contributed by atoms with Gasteiger partial charge in [0.25, 0.3) is 5.91 Å². The Morgan fingerprint density at radius 1 is 1.26 bits per heavy atom. The molecule has 1 aromatic carbocycles. The molecule has 7 nitrogen and oxygen atoms in total. The van der Waals surface area contributed by atoms with Crippen molar-refractivity contribution in [1.82, 2.24) is 19.7 Å². The third-order valence-corrected chi connectivity index (χ3v) is 6.76. The van der Waals surface area contributed by atoms with Crippen molar-refractivity contribution in [3.8, 4) is 5.69 Å². The van der Waals surface area contributed by atoms with Crippen LogP contribution in [0.5, 0.6) is 0 Å². The van der Waals surface area contributed by atoms with Gasteiger partial charge in [-0.25, -0.2) is 9.67 Å². The number of halogens is 2. The Morgan fingerprint density at radius 2 is 2.06 bits per heavy atom. The number of carbonyl (C=O) groups excluding carboxylic acids is 1. The average molecular weight is 478 g/mol. The molecule has 0 radical (unpaired) electrons. The first kappa shape index (κ1) is 20.9. The van der Waals surface area contributed by atoms with Crippen LogP contribution in [-0.4, -0.2) is 51.9 Å². The van der Waals surface area contributed by atoms with E-state index >= 15 is 0 Å². The Balaban J connectivity index is 1.35. The standard InChI is InChI=1S/C21H21Cl2N5O2S/c22-14-3-4-18(17(23)9-14)28-19(13-1-2-13)16(10-24-28)20(29)26-21-25-15(12-31-21)11-27-5-7-30-8-6-27/h3-4,9-10,12-13H,1-2,5-8,11H2,(H,25,26,29). The minimum atomic E-state index is -0.203. The zero-order valence-electron chi connectivity index (χ0n) is 16.7. The molecule has 0 bridgehead atoms. The summed E-state index contributed by atoms with van der Waals surface area (Å²) in [4.78, 5) is 20.0. The molecule has 1 amide bonds. The molecule has 1 aliphatic carbocycles. The molecule has 1 saturated heterocycles. The van der Waals surface area contributed by atoms with Gasteiger partial charge in [-0.3, -0.25) is 15.0 Å². The first-order chi connectivity index (χ1) is 15.1. The highest BCUT2D eigenvalue weighted by Crippen LogP contribution is 2.43.